The van der Waals surface area contributed by atoms with Gasteiger partial charge in [-0.2, -0.15) is 0 Å². The molecule has 1 aromatic carbocycles. The van der Waals surface area contributed by atoms with Crippen molar-refractivity contribution in [2.24, 2.45) is 0 Å². The Morgan fingerprint density at radius 3 is 2.63 bits per heavy atom. The zero-order chi connectivity index (χ0) is 20.1. The molecule has 0 saturated carbocycles. The van der Waals surface area contributed by atoms with E-state index in [1.807, 2.05) is 0 Å². The number of rotatable bonds is 7. The van der Waals surface area contributed by atoms with Crippen LogP contribution in [0.4, 0.5) is 10.5 Å². The number of amides is 4. The predicted octanol–water partition coefficient (Wildman–Crippen LogP) is 2.54. The smallest absolute Gasteiger partial charge is 0.326 e. The van der Waals surface area contributed by atoms with E-state index in [0.717, 1.165) is 4.90 Å². The lowest BCUT2D eigenvalue weighted by Crippen LogP contribution is -2.33. The van der Waals surface area contributed by atoms with Crippen molar-refractivity contribution in [3.63, 3.8) is 0 Å². The number of hydrogen-bond donors (Lipinski definition) is 1. The number of halogens is 2. The number of esters is 1. The Morgan fingerprint density at radius 1 is 1.30 bits per heavy atom. The molecule has 1 fully saturated rings. The summed E-state index contributed by atoms with van der Waals surface area (Å²) in [6.07, 6.45) is -0.830. The highest BCUT2D eigenvalue weighted by Gasteiger charge is 2.33. The molecular weight excluding hydrogens is 397 g/mol. The molecule has 0 aliphatic carbocycles. The maximum Gasteiger partial charge on any atom is 0.326 e. The molecule has 27 heavy (non-hydrogen) atoms. The lowest BCUT2D eigenvalue weighted by molar-refractivity contribution is -0.153. The van der Waals surface area contributed by atoms with Crippen LogP contribution in [-0.4, -0.2) is 59.9 Å². The number of carbonyl (C=O) groups is 4. The van der Waals surface area contributed by atoms with Crippen molar-refractivity contribution < 1.29 is 23.9 Å². The van der Waals surface area contributed by atoms with Crippen LogP contribution in [0.25, 0.3) is 0 Å². The van der Waals surface area contributed by atoms with E-state index in [4.69, 9.17) is 27.9 Å². The Balaban J connectivity index is 1.78. The summed E-state index contributed by atoms with van der Waals surface area (Å²) in [5.74, 6) is -1.47. The minimum atomic E-state index is -1.05. The second-order valence-electron chi connectivity index (χ2n) is 6.03. The molecule has 10 heteroatoms. The number of urea groups is 1. The molecule has 1 aliphatic rings. The van der Waals surface area contributed by atoms with Gasteiger partial charge in [0.15, 0.2) is 6.10 Å². The number of nitrogens with one attached hydrogen (secondary N) is 1. The Kier molecular flexibility index (Phi) is 7.04. The van der Waals surface area contributed by atoms with E-state index in [1.165, 1.54) is 31.0 Å². The number of benzene rings is 1. The fourth-order valence-electron chi connectivity index (χ4n) is 2.41. The first-order valence-corrected chi connectivity index (χ1v) is 8.95. The molecule has 1 atom stereocenters. The van der Waals surface area contributed by atoms with Crippen LogP contribution in [0.3, 0.4) is 0 Å². The molecule has 0 bridgehead atoms. The number of carbonyl (C=O) groups excluding carboxylic acids is 4. The number of hydrogen-bond acceptors (Lipinski definition) is 5. The molecular formula is C17H19Cl2N3O5. The SMILES string of the molecule is C[C@H](OC(=O)CCCN1C(=O)CN(C)C1=O)C(=O)Nc1cc(Cl)ccc1Cl. The van der Waals surface area contributed by atoms with E-state index < -0.39 is 18.0 Å². The third-order valence-corrected chi connectivity index (χ3v) is 4.42. The number of likely N-dealkylation sites (N-methyl/N-ethyl adjacent to an activating group) is 1. The van der Waals surface area contributed by atoms with Gasteiger partial charge in [-0.1, -0.05) is 23.2 Å². The van der Waals surface area contributed by atoms with Crippen LogP contribution in [0, 0.1) is 0 Å². The molecule has 146 valence electrons. The largest absolute Gasteiger partial charge is 0.453 e. The van der Waals surface area contributed by atoms with E-state index in [9.17, 15) is 19.2 Å². The van der Waals surface area contributed by atoms with Gasteiger partial charge in [-0.05, 0) is 31.5 Å². The number of anilines is 1. The third kappa shape index (κ3) is 5.58. The lowest BCUT2D eigenvalue weighted by Gasteiger charge is -2.16. The van der Waals surface area contributed by atoms with E-state index in [1.54, 1.807) is 6.07 Å². The summed E-state index contributed by atoms with van der Waals surface area (Å²) in [6, 6.07) is 4.21. The van der Waals surface area contributed by atoms with Crippen molar-refractivity contribution in [3.8, 4) is 0 Å². The normalized spacial score (nSPS) is 15.1. The van der Waals surface area contributed by atoms with E-state index in [0.29, 0.717) is 15.7 Å². The standard InChI is InChI=1S/C17H19Cl2N3O5/c1-10(16(25)20-13-8-11(18)5-6-12(13)19)27-15(24)4-3-7-22-14(23)9-21(2)17(22)26/h5-6,8,10H,3-4,7,9H2,1-2H3,(H,20,25)/t10-/m0/s1. The second kappa shape index (κ2) is 9.05. The van der Waals surface area contributed by atoms with Crippen LogP contribution < -0.4 is 5.32 Å². The minimum Gasteiger partial charge on any atom is -0.453 e. The van der Waals surface area contributed by atoms with Gasteiger partial charge in [-0.3, -0.25) is 19.3 Å². The van der Waals surface area contributed by atoms with Gasteiger partial charge in [0.1, 0.15) is 6.54 Å². The van der Waals surface area contributed by atoms with Crippen molar-refractivity contribution in [2.75, 3.05) is 25.5 Å². The molecule has 0 unspecified atom stereocenters. The molecule has 4 amide bonds. The van der Waals surface area contributed by atoms with Crippen molar-refractivity contribution in [1.29, 1.82) is 0 Å². The van der Waals surface area contributed by atoms with Gasteiger partial charge in [0, 0.05) is 25.0 Å². The van der Waals surface area contributed by atoms with Crippen molar-refractivity contribution in [1.82, 2.24) is 9.80 Å². The first-order chi connectivity index (χ1) is 12.7. The van der Waals surface area contributed by atoms with Crippen LogP contribution in [-0.2, 0) is 19.1 Å². The number of imide groups is 1. The molecule has 0 radical (unpaired) electrons. The highest BCUT2D eigenvalue weighted by molar-refractivity contribution is 6.35. The second-order valence-corrected chi connectivity index (χ2v) is 6.88. The Morgan fingerprint density at radius 2 is 2.00 bits per heavy atom. The topological polar surface area (TPSA) is 96.0 Å². The monoisotopic (exact) mass is 415 g/mol. The van der Waals surface area contributed by atoms with Gasteiger partial charge in [0.25, 0.3) is 5.91 Å². The summed E-state index contributed by atoms with van der Waals surface area (Å²) in [6.45, 7) is 1.58. The molecule has 1 saturated heterocycles. The molecule has 1 heterocycles. The summed E-state index contributed by atoms with van der Waals surface area (Å²) in [5, 5.41) is 3.24. The van der Waals surface area contributed by atoms with Gasteiger partial charge >= 0.3 is 12.0 Å². The number of nitrogens with zero attached hydrogens (tertiary/aromatic N) is 2. The molecule has 1 N–H and O–H groups in total. The van der Waals surface area contributed by atoms with Crippen LogP contribution in [0.5, 0.6) is 0 Å². The molecule has 1 aliphatic heterocycles. The third-order valence-electron chi connectivity index (χ3n) is 3.86. The summed E-state index contributed by atoms with van der Waals surface area (Å²) in [5.41, 5.74) is 0.312. The van der Waals surface area contributed by atoms with Crippen molar-refractivity contribution in [3.05, 3.63) is 28.2 Å². The van der Waals surface area contributed by atoms with Gasteiger partial charge < -0.3 is 15.0 Å². The van der Waals surface area contributed by atoms with Gasteiger partial charge in [0.2, 0.25) is 5.91 Å². The Hall–Kier alpha value is -2.32. The fraction of sp³-hybridized carbons (Fsp3) is 0.412. The fourth-order valence-corrected chi connectivity index (χ4v) is 2.74. The highest BCUT2D eigenvalue weighted by atomic mass is 35.5. The summed E-state index contributed by atoms with van der Waals surface area (Å²) in [7, 11) is 1.53. The van der Waals surface area contributed by atoms with E-state index >= 15 is 0 Å². The van der Waals surface area contributed by atoms with Crippen LogP contribution in [0.1, 0.15) is 19.8 Å². The molecule has 8 nitrogen and oxygen atoms in total. The number of ether oxygens (including phenoxy) is 1. The van der Waals surface area contributed by atoms with E-state index in [-0.39, 0.29) is 37.9 Å². The minimum absolute atomic E-state index is 0.0314. The van der Waals surface area contributed by atoms with Crippen molar-refractivity contribution in [2.45, 2.75) is 25.9 Å². The molecule has 2 rings (SSSR count). The zero-order valence-corrected chi connectivity index (χ0v) is 16.3. The van der Waals surface area contributed by atoms with Crippen LogP contribution in [0.2, 0.25) is 10.0 Å². The van der Waals surface area contributed by atoms with Gasteiger partial charge in [-0.25, -0.2) is 4.79 Å². The molecule has 1 aromatic rings. The van der Waals surface area contributed by atoms with Gasteiger partial charge in [-0.15, -0.1) is 0 Å². The average molecular weight is 416 g/mol. The maximum atomic E-state index is 12.1. The zero-order valence-electron chi connectivity index (χ0n) is 14.8. The summed E-state index contributed by atoms with van der Waals surface area (Å²) in [4.78, 5) is 49.8. The quantitative estimate of drug-likeness (QED) is 0.545. The first kappa shape index (κ1) is 21.0. The van der Waals surface area contributed by atoms with Gasteiger partial charge in [0.05, 0.1) is 10.7 Å². The first-order valence-electron chi connectivity index (χ1n) is 8.20. The van der Waals surface area contributed by atoms with Crippen LogP contribution in [0.15, 0.2) is 18.2 Å². The molecule has 0 spiro atoms. The highest BCUT2D eigenvalue weighted by Crippen LogP contribution is 2.25. The Bertz CT molecular complexity index is 771. The summed E-state index contributed by atoms with van der Waals surface area (Å²) >= 11 is 11.8. The Labute approximate surface area is 166 Å². The van der Waals surface area contributed by atoms with Crippen LogP contribution >= 0.6 is 23.2 Å². The summed E-state index contributed by atoms with van der Waals surface area (Å²) < 4.78 is 5.07. The molecule has 0 aromatic heterocycles. The van der Waals surface area contributed by atoms with Crippen molar-refractivity contribution >= 4 is 52.7 Å². The average Bonchev–Trinajstić information content (AvgIpc) is 2.84. The lowest BCUT2D eigenvalue weighted by atomic mass is 10.2. The maximum absolute atomic E-state index is 12.1. The van der Waals surface area contributed by atoms with E-state index in [2.05, 4.69) is 5.32 Å². The predicted molar refractivity (Wildman–Crippen MR) is 99.6 cm³/mol.